The van der Waals surface area contributed by atoms with Crippen molar-refractivity contribution in [3.63, 3.8) is 0 Å². The molecule has 2 aromatic carbocycles. The molecule has 0 bridgehead atoms. The van der Waals surface area contributed by atoms with Crippen molar-refractivity contribution < 1.29 is 13.2 Å². The predicted molar refractivity (Wildman–Crippen MR) is 91.4 cm³/mol. The van der Waals surface area contributed by atoms with Crippen LogP contribution < -0.4 is 5.32 Å². The number of aromatic nitrogens is 2. The highest BCUT2D eigenvalue weighted by Crippen LogP contribution is 2.18. The third-order valence-electron chi connectivity index (χ3n) is 3.59. The van der Waals surface area contributed by atoms with E-state index in [1.54, 1.807) is 12.3 Å². The number of carbonyl (C=O) groups excluding carboxylic acids is 1. The molecule has 0 saturated carbocycles. The standard InChI is InChI=1S/C16H16N4O3S/c1-20(2)24(22,23)14-6-3-11(4-7-14)16(21)18-13-5-8-15-12(9-13)10-17-19-15/h3-10H,1-2H3,(H,17,19)(H,18,21). The van der Waals surface area contributed by atoms with E-state index in [0.29, 0.717) is 11.3 Å². The van der Waals surface area contributed by atoms with E-state index in [1.165, 1.54) is 38.4 Å². The van der Waals surface area contributed by atoms with Gasteiger partial charge in [-0.3, -0.25) is 9.89 Å². The number of nitrogens with one attached hydrogen (secondary N) is 2. The summed E-state index contributed by atoms with van der Waals surface area (Å²) in [5, 5.41) is 10.4. The molecule has 1 heterocycles. The van der Waals surface area contributed by atoms with E-state index in [2.05, 4.69) is 15.5 Å². The van der Waals surface area contributed by atoms with Crippen LogP contribution in [0.5, 0.6) is 0 Å². The average molecular weight is 344 g/mol. The molecule has 0 saturated heterocycles. The fourth-order valence-electron chi connectivity index (χ4n) is 2.21. The van der Waals surface area contributed by atoms with Crippen LogP contribution in [0.15, 0.2) is 53.6 Å². The van der Waals surface area contributed by atoms with Crippen LogP contribution in [0.1, 0.15) is 10.4 Å². The molecule has 0 fully saturated rings. The average Bonchev–Trinajstić information content (AvgIpc) is 3.02. The number of amides is 1. The van der Waals surface area contributed by atoms with Crippen LogP contribution in [0, 0.1) is 0 Å². The molecular formula is C16H16N4O3S. The summed E-state index contributed by atoms with van der Waals surface area (Å²) in [7, 11) is -0.584. The third-order valence-corrected chi connectivity index (χ3v) is 5.42. The number of hydrogen-bond acceptors (Lipinski definition) is 4. The van der Waals surface area contributed by atoms with E-state index >= 15 is 0 Å². The molecule has 0 unspecified atom stereocenters. The summed E-state index contributed by atoms with van der Waals surface area (Å²) in [6.07, 6.45) is 1.67. The minimum Gasteiger partial charge on any atom is -0.322 e. The van der Waals surface area contributed by atoms with Crippen molar-refractivity contribution >= 4 is 32.5 Å². The van der Waals surface area contributed by atoms with Gasteiger partial charge in [-0.1, -0.05) is 0 Å². The van der Waals surface area contributed by atoms with E-state index in [-0.39, 0.29) is 10.8 Å². The van der Waals surface area contributed by atoms with Crippen molar-refractivity contribution in [1.82, 2.24) is 14.5 Å². The Morgan fingerprint density at radius 2 is 1.83 bits per heavy atom. The monoisotopic (exact) mass is 344 g/mol. The molecule has 2 N–H and O–H groups in total. The van der Waals surface area contributed by atoms with E-state index in [1.807, 2.05) is 12.1 Å². The van der Waals surface area contributed by atoms with Gasteiger partial charge in [0.1, 0.15) is 0 Å². The van der Waals surface area contributed by atoms with Crippen molar-refractivity contribution in [3.8, 4) is 0 Å². The Morgan fingerprint density at radius 1 is 1.12 bits per heavy atom. The Morgan fingerprint density at radius 3 is 2.50 bits per heavy atom. The number of sulfonamides is 1. The summed E-state index contributed by atoms with van der Waals surface area (Å²) in [4.78, 5) is 12.4. The van der Waals surface area contributed by atoms with Crippen molar-refractivity contribution in [1.29, 1.82) is 0 Å². The molecule has 0 spiro atoms. The van der Waals surface area contributed by atoms with Gasteiger partial charge in [-0.25, -0.2) is 12.7 Å². The van der Waals surface area contributed by atoms with Gasteiger partial charge in [0.15, 0.2) is 0 Å². The first-order chi connectivity index (χ1) is 11.4. The van der Waals surface area contributed by atoms with Crippen LogP contribution >= 0.6 is 0 Å². The molecule has 3 aromatic rings. The van der Waals surface area contributed by atoms with Gasteiger partial charge in [-0.05, 0) is 42.5 Å². The van der Waals surface area contributed by atoms with E-state index in [0.717, 1.165) is 15.2 Å². The topological polar surface area (TPSA) is 95.2 Å². The molecule has 1 amide bonds. The van der Waals surface area contributed by atoms with Gasteiger partial charge < -0.3 is 5.32 Å². The van der Waals surface area contributed by atoms with Crippen LogP contribution in [0.25, 0.3) is 10.9 Å². The molecule has 0 radical (unpaired) electrons. The fourth-order valence-corrected chi connectivity index (χ4v) is 3.11. The van der Waals surface area contributed by atoms with Crippen molar-refractivity contribution in [2.24, 2.45) is 0 Å². The zero-order valence-corrected chi connectivity index (χ0v) is 14.0. The number of carbonyl (C=O) groups is 1. The lowest BCUT2D eigenvalue weighted by Gasteiger charge is -2.11. The molecular weight excluding hydrogens is 328 g/mol. The second-order valence-electron chi connectivity index (χ2n) is 5.44. The highest BCUT2D eigenvalue weighted by atomic mass is 32.2. The van der Waals surface area contributed by atoms with Crippen molar-refractivity contribution in [2.45, 2.75) is 4.90 Å². The first kappa shape index (κ1) is 16.2. The van der Waals surface area contributed by atoms with Gasteiger partial charge in [0.2, 0.25) is 10.0 Å². The molecule has 24 heavy (non-hydrogen) atoms. The molecule has 0 aliphatic heterocycles. The molecule has 124 valence electrons. The minimum atomic E-state index is -3.50. The Labute approximate surface area is 139 Å². The van der Waals surface area contributed by atoms with Gasteiger partial charge in [0.05, 0.1) is 16.6 Å². The van der Waals surface area contributed by atoms with Crippen molar-refractivity contribution in [2.75, 3.05) is 19.4 Å². The largest absolute Gasteiger partial charge is 0.322 e. The number of hydrogen-bond donors (Lipinski definition) is 2. The number of aromatic amines is 1. The second-order valence-corrected chi connectivity index (χ2v) is 7.59. The number of H-pyrrole nitrogens is 1. The smallest absolute Gasteiger partial charge is 0.255 e. The Balaban J connectivity index is 1.80. The zero-order valence-electron chi connectivity index (χ0n) is 13.1. The number of benzene rings is 2. The molecule has 0 atom stereocenters. The minimum absolute atomic E-state index is 0.142. The van der Waals surface area contributed by atoms with Crippen LogP contribution in [0.4, 0.5) is 5.69 Å². The molecule has 8 heteroatoms. The molecule has 1 aromatic heterocycles. The van der Waals surface area contributed by atoms with Crippen LogP contribution in [0.3, 0.4) is 0 Å². The predicted octanol–water partition coefficient (Wildman–Crippen LogP) is 2.07. The van der Waals surface area contributed by atoms with Crippen LogP contribution in [-0.4, -0.2) is 42.9 Å². The SMILES string of the molecule is CN(C)S(=O)(=O)c1ccc(C(=O)Nc2ccc3[nH]ncc3c2)cc1. The number of rotatable bonds is 4. The van der Waals surface area contributed by atoms with E-state index in [4.69, 9.17) is 0 Å². The molecule has 7 nitrogen and oxygen atoms in total. The number of nitrogens with zero attached hydrogens (tertiary/aromatic N) is 2. The summed E-state index contributed by atoms with van der Waals surface area (Å²) in [6.45, 7) is 0. The lowest BCUT2D eigenvalue weighted by atomic mass is 10.2. The Hall–Kier alpha value is -2.71. The fraction of sp³-hybridized carbons (Fsp3) is 0.125. The van der Waals surface area contributed by atoms with Gasteiger partial charge in [0.25, 0.3) is 5.91 Å². The molecule has 0 aliphatic carbocycles. The maximum atomic E-state index is 12.3. The summed E-state index contributed by atoms with van der Waals surface area (Å²) in [5.41, 5.74) is 1.89. The molecule has 0 aliphatic rings. The Kier molecular flexibility index (Phi) is 4.08. The lowest BCUT2D eigenvalue weighted by Crippen LogP contribution is -2.22. The summed E-state index contributed by atoms with van der Waals surface area (Å²) in [6, 6.07) is 11.2. The second kappa shape index (κ2) is 6.06. The Bertz CT molecular complexity index is 992. The van der Waals surface area contributed by atoms with Crippen LogP contribution in [-0.2, 0) is 10.0 Å². The van der Waals surface area contributed by atoms with E-state index < -0.39 is 10.0 Å². The van der Waals surface area contributed by atoms with Gasteiger partial charge in [-0.2, -0.15) is 5.10 Å². The summed E-state index contributed by atoms with van der Waals surface area (Å²) >= 11 is 0. The normalized spacial score (nSPS) is 11.8. The zero-order chi connectivity index (χ0) is 17.3. The number of fused-ring (bicyclic) bond motifs is 1. The quantitative estimate of drug-likeness (QED) is 0.757. The summed E-state index contributed by atoms with van der Waals surface area (Å²) in [5.74, 6) is -0.313. The number of anilines is 1. The maximum absolute atomic E-state index is 12.3. The first-order valence-corrected chi connectivity index (χ1v) is 8.59. The van der Waals surface area contributed by atoms with Crippen molar-refractivity contribution in [3.05, 3.63) is 54.2 Å². The lowest BCUT2D eigenvalue weighted by molar-refractivity contribution is 0.102. The third kappa shape index (κ3) is 3.01. The van der Waals surface area contributed by atoms with E-state index in [9.17, 15) is 13.2 Å². The molecule has 3 rings (SSSR count). The van der Waals surface area contributed by atoms with Gasteiger partial charge in [-0.15, -0.1) is 0 Å². The maximum Gasteiger partial charge on any atom is 0.255 e. The highest BCUT2D eigenvalue weighted by Gasteiger charge is 2.17. The highest BCUT2D eigenvalue weighted by molar-refractivity contribution is 7.89. The first-order valence-electron chi connectivity index (χ1n) is 7.15. The van der Waals surface area contributed by atoms with Gasteiger partial charge >= 0.3 is 0 Å². The van der Waals surface area contributed by atoms with Crippen LogP contribution in [0.2, 0.25) is 0 Å². The summed E-state index contributed by atoms with van der Waals surface area (Å²) < 4.78 is 25.2. The van der Waals surface area contributed by atoms with Gasteiger partial charge in [0, 0.05) is 30.7 Å².